The summed E-state index contributed by atoms with van der Waals surface area (Å²) >= 11 is 0. The maximum absolute atomic E-state index is 12.8. The van der Waals surface area contributed by atoms with Gasteiger partial charge in [0.1, 0.15) is 5.82 Å². The normalized spacial score (nSPS) is 21.0. The molecule has 28 heavy (non-hydrogen) atoms. The second-order valence-corrected chi connectivity index (χ2v) is 6.65. The summed E-state index contributed by atoms with van der Waals surface area (Å²) in [5.41, 5.74) is 6.70. The van der Waals surface area contributed by atoms with Crippen LogP contribution in [0.25, 0.3) is 5.70 Å². The van der Waals surface area contributed by atoms with Crippen LogP contribution in [0.2, 0.25) is 0 Å². The summed E-state index contributed by atoms with van der Waals surface area (Å²) in [5.74, 6) is 1.07. The molecule has 4 N–H and O–H groups in total. The summed E-state index contributed by atoms with van der Waals surface area (Å²) in [6.45, 7) is 8.75. The second kappa shape index (κ2) is 9.41. The van der Waals surface area contributed by atoms with Crippen LogP contribution in [0.4, 0.5) is 14.6 Å². The average Bonchev–Trinajstić information content (AvgIpc) is 2.69. The zero-order valence-corrected chi connectivity index (χ0v) is 16.4. The standard InChI is InChI=1S/C19H27F2N7/c1-12(18(20)21)11-27(4)14(3)19-25-6-5-16(26-19)28-8-7-24-17(13(28)2)15(9-22)10-23/h5-6,9-11,13,17-18,22,24H,3,7-8,23H2,1-2,4H3/b12-11+,15-10+,22-9?. The molecule has 9 heteroatoms. The molecule has 1 aromatic heterocycles. The van der Waals surface area contributed by atoms with Crippen molar-refractivity contribution in [2.75, 3.05) is 25.0 Å². The molecular weight excluding hydrogens is 364 g/mol. The number of rotatable bonds is 7. The van der Waals surface area contributed by atoms with Gasteiger partial charge in [-0.15, -0.1) is 0 Å². The fourth-order valence-electron chi connectivity index (χ4n) is 3.10. The zero-order valence-electron chi connectivity index (χ0n) is 16.4. The highest BCUT2D eigenvalue weighted by Crippen LogP contribution is 2.23. The first-order valence-electron chi connectivity index (χ1n) is 8.94. The number of halogens is 2. The summed E-state index contributed by atoms with van der Waals surface area (Å²) < 4.78 is 25.5. The average molecular weight is 391 g/mol. The third-order valence-electron chi connectivity index (χ3n) is 4.77. The van der Waals surface area contributed by atoms with E-state index in [1.165, 1.54) is 30.4 Å². The Morgan fingerprint density at radius 3 is 2.86 bits per heavy atom. The van der Waals surface area contributed by atoms with Gasteiger partial charge in [0.15, 0.2) is 5.82 Å². The van der Waals surface area contributed by atoms with Crippen molar-refractivity contribution in [1.29, 1.82) is 5.41 Å². The van der Waals surface area contributed by atoms with Crippen molar-refractivity contribution in [2.45, 2.75) is 32.4 Å². The molecule has 1 fully saturated rings. The van der Waals surface area contributed by atoms with E-state index in [-0.39, 0.29) is 17.7 Å². The van der Waals surface area contributed by atoms with Crippen molar-refractivity contribution >= 4 is 17.7 Å². The SMILES string of the molecule is C=C(c1nccc(N2CCNC(/C(C=N)=C/N)C2C)n1)N(C)/C=C(\C)C(F)F. The number of piperazine rings is 1. The van der Waals surface area contributed by atoms with Crippen LogP contribution in [0, 0.1) is 5.41 Å². The van der Waals surface area contributed by atoms with Crippen molar-refractivity contribution < 1.29 is 8.78 Å². The molecule has 0 amide bonds. The molecule has 0 bridgehead atoms. The predicted octanol–water partition coefficient (Wildman–Crippen LogP) is 2.21. The smallest absolute Gasteiger partial charge is 0.261 e. The molecule has 2 heterocycles. The van der Waals surface area contributed by atoms with Gasteiger partial charge < -0.3 is 26.3 Å². The molecule has 2 unspecified atom stereocenters. The van der Waals surface area contributed by atoms with Crippen LogP contribution >= 0.6 is 0 Å². The van der Waals surface area contributed by atoms with E-state index in [4.69, 9.17) is 11.1 Å². The first-order chi connectivity index (χ1) is 13.3. The van der Waals surface area contributed by atoms with E-state index < -0.39 is 6.43 Å². The maximum Gasteiger partial charge on any atom is 0.261 e. The molecule has 1 aliphatic heterocycles. The Kier molecular flexibility index (Phi) is 7.22. The largest absolute Gasteiger partial charge is 0.404 e. The van der Waals surface area contributed by atoms with Gasteiger partial charge in [0, 0.05) is 62.1 Å². The number of allylic oxidation sites excluding steroid dienone is 1. The van der Waals surface area contributed by atoms with Gasteiger partial charge >= 0.3 is 0 Å². The number of alkyl halides is 2. The van der Waals surface area contributed by atoms with Crippen molar-refractivity contribution in [3.63, 3.8) is 0 Å². The Morgan fingerprint density at radius 2 is 2.25 bits per heavy atom. The molecule has 1 aromatic rings. The zero-order chi connectivity index (χ0) is 20.8. The van der Waals surface area contributed by atoms with Gasteiger partial charge in [0.25, 0.3) is 6.43 Å². The number of nitrogens with one attached hydrogen (secondary N) is 2. The van der Waals surface area contributed by atoms with E-state index in [0.29, 0.717) is 29.5 Å². The van der Waals surface area contributed by atoms with Gasteiger partial charge in [-0.1, -0.05) is 6.58 Å². The monoisotopic (exact) mass is 391 g/mol. The number of hydrogen-bond acceptors (Lipinski definition) is 7. The van der Waals surface area contributed by atoms with E-state index in [0.717, 1.165) is 6.54 Å². The summed E-state index contributed by atoms with van der Waals surface area (Å²) in [6, 6.07) is 1.70. The van der Waals surface area contributed by atoms with Gasteiger partial charge in [-0.05, 0) is 19.9 Å². The highest BCUT2D eigenvalue weighted by Gasteiger charge is 2.30. The lowest BCUT2D eigenvalue weighted by Gasteiger charge is -2.41. The molecular formula is C19H27F2N7. The predicted molar refractivity (Wildman–Crippen MR) is 108 cm³/mol. The van der Waals surface area contributed by atoms with E-state index in [2.05, 4.69) is 26.8 Å². The summed E-state index contributed by atoms with van der Waals surface area (Å²) in [5, 5.41) is 10.9. The van der Waals surface area contributed by atoms with Gasteiger partial charge in [-0.2, -0.15) is 0 Å². The van der Waals surface area contributed by atoms with E-state index in [1.807, 2.05) is 6.92 Å². The van der Waals surface area contributed by atoms with Gasteiger partial charge in [-0.3, -0.25) is 0 Å². The van der Waals surface area contributed by atoms with Crippen LogP contribution in [0.5, 0.6) is 0 Å². The molecule has 0 spiro atoms. The third-order valence-corrected chi connectivity index (χ3v) is 4.77. The number of hydrogen-bond donors (Lipinski definition) is 3. The molecule has 2 rings (SSSR count). The number of nitrogens with two attached hydrogens (primary N) is 1. The minimum absolute atomic E-state index is 0.000122. The molecule has 1 saturated heterocycles. The third kappa shape index (κ3) is 4.72. The number of aromatic nitrogens is 2. The molecule has 0 aliphatic carbocycles. The Labute approximate surface area is 164 Å². The van der Waals surface area contributed by atoms with Crippen molar-refractivity contribution in [3.05, 3.63) is 48.2 Å². The van der Waals surface area contributed by atoms with E-state index in [9.17, 15) is 8.78 Å². The van der Waals surface area contributed by atoms with E-state index in [1.54, 1.807) is 19.3 Å². The van der Waals surface area contributed by atoms with Gasteiger partial charge in [-0.25, -0.2) is 18.7 Å². The quantitative estimate of drug-likeness (QED) is 0.617. The van der Waals surface area contributed by atoms with Crippen molar-refractivity contribution in [3.8, 4) is 0 Å². The second-order valence-electron chi connectivity index (χ2n) is 6.65. The molecule has 2 atom stereocenters. The Balaban J connectivity index is 2.26. The van der Waals surface area contributed by atoms with Gasteiger partial charge in [0.2, 0.25) is 0 Å². The lowest BCUT2D eigenvalue weighted by Crippen LogP contribution is -2.58. The lowest BCUT2D eigenvalue weighted by molar-refractivity contribution is 0.188. The Bertz CT molecular complexity index is 775. The first kappa shape index (κ1) is 21.5. The molecule has 0 aromatic carbocycles. The first-order valence-corrected chi connectivity index (χ1v) is 8.94. The Hall–Kier alpha value is -2.81. The molecule has 7 nitrogen and oxygen atoms in total. The fraction of sp³-hybridized carbons (Fsp3) is 0.421. The molecule has 0 saturated carbocycles. The van der Waals surface area contributed by atoms with Crippen LogP contribution in [0.3, 0.4) is 0 Å². The Morgan fingerprint density at radius 1 is 1.54 bits per heavy atom. The van der Waals surface area contributed by atoms with Gasteiger partial charge in [0.05, 0.1) is 11.7 Å². The van der Waals surface area contributed by atoms with Crippen LogP contribution in [-0.2, 0) is 0 Å². The van der Waals surface area contributed by atoms with Crippen LogP contribution < -0.4 is 16.0 Å². The summed E-state index contributed by atoms with van der Waals surface area (Å²) in [4.78, 5) is 12.4. The van der Waals surface area contributed by atoms with Crippen LogP contribution in [0.1, 0.15) is 19.7 Å². The highest BCUT2D eigenvalue weighted by molar-refractivity contribution is 5.78. The van der Waals surface area contributed by atoms with E-state index >= 15 is 0 Å². The van der Waals surface area contributed by atoms with Crippen molar-refractivity contribution in [1.82, 2.24) is 20.2 Å². The minimum Gasteiger partial charge on any atom is -0.404 e. The summed E-state index contributed by atoms with van der Waals surface area (Å²) in [6.07, 6.45) is 3.11. The van der Waals surface area contributed by atoms with Crippen LogP contribution in [-0.4, -0.2) is 59.7 Å². The topological polar surface area (TPSA) is 94.2 Å². The molecule has 1 aliphatic rings. The number of anilines is 1. The minimum atomic E-state index is -2.53. The number of nitrogens with zero attached hydrogens (tertiary/aromatic N) is 4. The van der Waals surface area contributed by atoms with Crippen molar-refractivity contribution in [2.24, 2.45) is 5.73 Å². The molecule has 152 valence electrons. The fourth-order valence-corrected chi connectivity index (χ4v) is 3.10. The highest BCUT2D eigenvalue weighted by atomic mass is 19.3. The summed E-state index contributed by atoms with van der Waals surface area (Å²) in [7, 11) is 1.64. The van der Waals surface area contributed by atoms with Crippen LogP contribution in [0.15, 0.2) is 42.4 Å². The molecule has 0 radical (unpaired) electrons. The lowest BCUT2D eigenvalue weighted by atomic mass is 9.98. The maximum atomic E-state index is 12.8.